The number of carbonyl (C=O) groups is 2. The van der Waals surface area contributed by atoms with Gasteiger partial charge in [0.2, 0.25) is 0 Å². The number of imide groups is 1. The molecule has 2 aromatic rings. The van der Waals surface area contributed by atoms with Gasteiger partial charge in [-0.25, -0.2) is 0 Å². The minimum Gasteiger partial charge on any atom is -0.385 e. The highest BCUT2D eigenvalue weighted by atomic mass is 16.2. The first-order valence-electron chi connectivity index (χ1n) is 10.0. The number of amides is 2. The number of benzene rings is 2. The van der Waals surface area contributed by atoms with Crippen LogP contribution in [0.4, 0.5) is 5.69 Å². The van der Waals surface area contributed by atoms with Gasteiger partial charge in [0.25, 0.3) is 11.8 Å². The molecule has 5 heteroatoms. The van der Waals surface area contributed by atoms with Crippen molar-refractivity contribution >= 4 is 28.3 Å². The summed E-state index contributed by atoms with van der Waals surface area (Å²) in [4.78, 5) is 27.3. The molecular weight excluding hydrogens is 338 g/mol. The highest BCUT2D eigenvalue weighted by Crippen LogP contribution is 2.34. The fourth-order valence-corrected chi connectivity index (χ4v) is 3.69. The first kappa shape index (κ1) is 19.4. The third-order valence-corrected chi connectivity index (χ3v) is 5.17. The molecule has 1 aliphatic rings. The third kappa shape index (κ3) is 3.98. The number of hydrogen-bond donors (Lipinski definition) is 2. The number of nitrogens with zero attached hydrogens (tertiary/aromatic N) is 1. The standard InChI is InChI=1S/C22H29N3O2/c1-2-3-7-15-25-21(26)17-10-8-9-16-19(24-14-6-4-5-13-23)12-11-18(20(16)17)22(25)27/h8-12,24H,2-7,13-15,23H2,1H3. The molecule has 2 aromatic carbocycles. The van der Waals surface area contributed by atoms with Crippen LogP contribution in [0.15, 0.2) is 30.3 Å². The lowest BCUT2D eigenvalue weighted by Crippen LogP contribution is -2.40. The largest absolute Gasteiger partial charge is 0.385 e. The first-order valence-corrected chi connectivity index (χ1v) is 10.0. The van der Waals surface area contributed by atoms with Crippen LogP contribution < -0.4 is 11.1 Å². The third-order valence-electron chi connectivity index (χ3n) is 5.17. The Bertz CT molecular complexity index is 809. The highest BCUT2D eigenvalue weighted by Gasteiger charge is 2.32. The lowest BCUT2D eigenvalue weighted by molar-refractivity contribution is 0.0608. The zero-order valence-corrected chi connectivity index (χ0v) is 16.1. The second-order valence-electron chi connectivity index (χ2n) is 7.13. The number of nitrogens with one attached hydrogen (secondary N) is 1. The van der Waals surface area contributed by atoms with E-state index in [1.807, 2.05) is 30.3 Å². The van der Waals surface area contributed by atoms with Crippen molar-refractivity contribution in [3.05, 3.63) is 41.5 Å². The maximum absolute atomic E-state index is 12.9. The molecule has 0 aromatic heterocycles. The molecule has 0 saturated carbocycles. The van der Waals surface area contributed by atoms with Crippen LogP contribution >= 0.6 is 0 Å². The minimum atomic E-state index is -0.172. The van der Waals surface area contributed by atoms with Crippen LogP contribution in [0.3, 0.4) is 0 Å². The van der Waals surface area contributed by atoms with Gasteiger partial charge < -0.3 is 11.1 Å². The lowest BCUT2D eigenvalue weighted by Gasteiger charge is -2.28. The molecule has 3 rings (SSSR count). The van der Waals surface area contributed by atoms with E-state index < -0.39 is 0 Å². The van der Waals surface area contributed by atoms with Gasteiger partial charge in [-0.2, -0.15) is 0 Å². The SMILES string of the molecule is CCCCCN1C(=O)c2cccc3c(NCCCCCN)ccc(c23)C1=O. The van der Waals surface area contributed by atoms with Gasteiger partial charge in [0, 0.05) is 40.7 Å². The van der Waals surface area contributed by atoms with Crippen molar-refractivity contribution in [3.8, 4) is 0 Å². The van der Waals surface area contributed by atoms with Crippen LogP contribution in [-0.2, 0) is 0 Å². The Labute approximate surface area is 160 Å². The number of nitrogens with two attached hydrogens (primary N) is 1. The Morgan fingerprint density at radius 2 is 1.70 bits per heavy atom. The van der Waals surface area contributed by atoms with Crippen molar-refractivity contribution in [2.24, 2.45) is 5.73 Å². The predicted octanol–water partition coefficient (Wildman–Crippen LogP) is 4.17. The van der Waals surface area contributed by atoms with E-state index in [-0.39, 0.29) is 11.8 Å². The summed E-state index contributed by atoms with van der Waals surface area (Å²) in [6, 6.07) is 9.53. The molecule has 1 heterocycles. The van der Waals surface area contributed by atoms with Crippen molar-refractivity contribution in [3.63, 3.8) is 0 Å². The number of hydrogen-bond acceptors (Lipinski definition) is 4. The molecule has 0 saturated heterocycles. The molecule has 144 valence electrons. The monoisotopic (exact) mass is 367 g/mol. The summed E-state index contributed by atoms with van der Waals surface area (Å²) in [5.74, 6) is -0.344. The van der Waals surface area contributed by atoms with Crippen molar-refractivity contribution < 1.29 is 9.59 Å². The van der Waals surface area contributed by atoms with Crippen molar-refractivity contribution in [2.75, 3.05) is 25.0 Å². The average Bonchev–Trinajstić information content (AvgIpc) is 2.69. The highest BCUT2D eigenvalue weighted by molar-refractivity contribution is 6.26. The van der Waals surface area contributed by atoms with Crippen LogP contribution in [0, 0.1) is 0 Å². The Kier molecular flexibility index (Phi) is 6.45. The summed E-state index contributed by atoms with van der Waals surface area (Å²) in [5, 5.41) is 5.18. The second kappa shape index (κ2) is 9.00. The zero-order chi connectivity index (χ0) is 19.2. The van der Waals surface area contributed by atoms with Crippen molar-refractivity contribution in [2.45, 2.75) is 45.4 Å². The summed E-state index contributed by atoms with van der Waals surface area (Å²) in [6.45, 7) is 4.17. The Morgan fingerprint density at radius 3 is 2.44 bits per heavy atom. The number of unbranched alkanes of at least 4 members (excludes halogenated alkanes) is 4. The van der Waals surface area contributed by atoms with E-state index in [1.165, 1.54) is 4.90 Å². The summed E-state index contributed by atoms with van der Waals surface area (Å²) in [7, 11) is 0. The van der Waals surface area contributed by atoms with Gasteiger partial charge in [0.05, 0.1) is 0 Å². The molecule has 0 atom stereocenters. The lowest BCUT2D eigenvalue weighted by atomic mass is 9.93. The van der Waals surface area contributed by atoms with Gasteiger partial charge in [0.15, 0.2) is 0 Å². The van der Waals surface area contributed by atoms with Gasteiger partial charge >= 0.3 is 0 Å². The molecule has 0 fully saturated rings. The topological polar surface area (TPSA) is 75.4 Å². The quantitative estimate of drug-likeness (QED) is 0.488. The number of rotatable bonds is 10. The van der Waals surface area contributed by atoms with Crippen molar-refractivity contribution in [1.82, 2.24) is 4.90 Å². The van der Waals surface area contributed by atoms with Crippen LogP contribution in [0.2, 0.25) is 0 Å². The Morgan fingerprint density at radius 1 is 0.926 bits per heavy atom. The molecule has 0 spiro atoms. The van der Waals surface area contributed by atoms with Gasteiger partial charge in [-0.1, -0.05) is 38.3 Å². The van der Waals surface area contributed by atoms with Crippen LogP contribution in [0.1, 0.15) is 66.2 Å². The van der Waals surface area contributed by atoms with Gasteiger partial charge in [-0.05, 0) is 44.0 Å². The van der Waals surface area contributed by atoms with Crippen LogP contribution in [-0.4, -0.2) is 36.3 Å². The zero-order valence-electron chi connectivity index (χ0n) is 16.1. The Hall–Kier alpha value is -2.40. The fourth-order valence-electron chi connectivity index (χ4n) is 3.69. The molecule has 27 heavy (non-hydrogen) atoms. The van der Waals surface area contributed by atoms with E-state index in [0.717, 1.165) is 68.1 Å². The van der Waals surface area contributed by atoms with Crippen molar-refractivity contribution in [1.29, 1.82) is 0 Å². The van der Waals surface area contributed by atoms with E-state index in [1.54, 1.807) is 0 Å². The molecule has 0 aliphatic carbocycles. The van der Waals surface area contributed by atoms with Crippen LogP contribution in [0.5, 0.6) is 0 Å². The number of anilines is 1. The maximum atomic E-state index is 12.9. The summed E-state index contributed by atoms with van der Waals surface area (Å²) >= 11 is 0. The molecule has 5 nitrogen and oxygen atoms in total. The van der Waals surface area contributed by atoms with E-state index in [9.17, 15) is 9.59 Å². The van der Waals surface area contributed by atoms with E-state index >= 15 is 0 Å². The molecule has 2 amide bonds. The summed E-state index contributed by atoms with van der Waals surface area (Å²) < 4.78 is 0. The molecule has 3 N–H and O–H groups in total. The van der Waals surface area contributed by atoms with E-state index in [4.69, 9.17) is 5.73 Å². The van der Waals surface area contributed by atoms with Crippen LogP contribution in [0.25, 0.3) is 10.8 Å². The number of carbonyl (C=O) groups excluding carboxylic acids is 2. The first-order chi connectivity index (χ1) is 13.2. The summed E-state index contributed by atoms with van der Waals surface area (Å²) in [6.07, 6.45) is 6.09. The molecule has 0 radical (unpaired) electrons. The van der Waals surface area contributed by atoms with Gasteiger partial charge in [-0.3, -0.25) is 14.5 Å². The van der Waals surface area contributed by atoms with Gasteiger partial charge in [-0.15, -0.1) is 0 Å². The normalized spacial score (nSPS) is 13.5. The predicted molar refractivity (Wildman–Crippen MR) is 110 cm³/mol. The molecule has 0 unspecified atom stereocenters. The molecule has 1 aliphatic heterocycles. The molecule has 0 bridgehead atoms. The van der Waals surface area contributed by atoms with E-state index in [0.29, 0.717) is 17.7 Å². The summed E-state index contributed by atoms with van der Waals surface area (Å²) in [5.41, 5.74) is 7.77. The van der Waals surface area contributed by atoms with E-state index in [2.05, 4.69) is 12.2 Å². The smallest absolute Gasteiger partial charge is 0.261 e. The second-order valence-corrected chi connectivity index (χ2v) is 7.13. The average molecular weight is 367 g/mol. The van der Waals surface area contributed by atoms with Gasteiger partial charge in [0.1, 0.15) is 0 Å². The minimum absolute atomic E-state index is 0.172. The fraction of sp³-hybridized carbons (Fsp3) is 0.455. The molecular formula is C22H29N3O2. The Balaban J connectivity index is 1.87. The maximum Gasteiger partial charge on any atom is 0.261 e.